The maximum Gasteiger partial charge on any atom is 0.345 e. The molecule has 0 aliphatic carbocycles. The van der Waals surface area contributed by atoms with Crippen molar-refractivity contribution in [2.24, 2.45) is 0 Å². The SMILES string of the molecule is CC(OC(=O)c1ccc(Cl)cc1[N+](=O)[O-])C(=O)NC(C)(C)C. The zero-order valence-corrected chi connectivity index (χ0v) is 13.4. The van der Waals surface area contributed by atoms with Crippen molar-refractivity contribution < 1.29 is 19.2 Å². The van der Waals surface area contributed by atoms with Crippen LogP contribution in [-0.4, -0.2) is 28.4 Å². The van der Waals surface area contributed by atoms with Crippen molar-refractivity contribution >= 4 is 29.2 Å². The molecule has 0 radical (unpaired) electrons. The molecule has 1 rings (SSSR count). The van der Waals surface area contributed by atoms with Gasteiger partial charge in [0.1, 0.15) is 5.56 Å². The van der Waals surface area contributed by atoms with E-state index < -0.39 is 34.1 Å². The number of carbonyl (C=O) groups is 2. The summed E-state index contributed by atoms with van der Waals surface area (Å²) >= 11 is 5.67. The van der Waals surface area contributed by atoms with Gasteiger partial charge in [-0.25, -0.2) is 4.79 Å². The molecule has 0 aromatic heterocycles. The molecule has 0 saturated heterocycles. The van der Waals surface area contributed by atoms with Crippen LogP contribution in [0.15, 0.2) is 18.2 Å². The van der Waals surface area contributed by atoms with E-state index in [0.29, 0.717) is 0 Å². The number of nitrogens with zero attached hydrogens (tertiary/aromatic N) is 1. The van der Waals surface area contributed by atoms with Crippen molar-refractivity contribution in [3.8, 4) is 0 Å². The monoisotopic (exact) mass is 328 g/mol. The first kappa shape index (κ1) is 17.9. The summed E-state index contributed by atoms with van der Waals surface area (Å²) in [7, 11) is 0. The van der Waals surface area contributed by atoms with Crippen LogP contribution in [0, 0.1) is 10.1 Å². The Bertz CT molecular complexity index is 610. The van der Waals surface area contributed by atoms with Crippen LogP contribution in [0.5, 0.6) is 0 Å². The molecule has 1 unspecified atom stereocenters. The van der Waals surface area contributed by atoms with Gasteiger partial charge >= 0.3 is 5.97 Å². The third kappa shape index (κ3) is 5.00. The first-order valence-electron chi connectivity index (χ1n) is 6.48. The van der Waals surface area contributed by atoms with Gasteiger partial charge in [-0.05, 0) is 39.8 Å². The van der Waals surface area contributed by atoms with Gasteiger partial charge in [0.25, 0.3) is 11.6 Å². The summed E-state index contributed by atoms with van der Waals surface area (Å²) in [6.45, 7) is 6.73. The number of halogens is 1. The summed E-state index contributed by atoms with van der Waals surface area (Å²) in [5, 5.41) is 13.7. The Morgan fingerprint density at radius 3 is 2.45 bits per heavy atom. The molecule has 1 N–H and O–H groups in total. The van der Waals surface area contributed by atoms with Gasteiger partial charge in [-0.3, -0.25) is 14.9 Å². The molecule has 0 spiro atoms. The maximum absolute atomic E-state index is 12.0. The van der Waals surface area contributed by atoms with E-state index in [1.807, 2.05) is 0 Å². The predicted octanol–water partition coefficient (Wildman–Crippen LogP) is 2.71. The van der Waals surface area contributed by atoms with Crippen LogP contribution in [0.2, 0.25) is 5.02 Å². The largest absolute Gasteiger partial charge is 0.449 e. The maximum atomic E-state index is 12.0. The second-order valence-electron chi connectivity index (χ2n) is 5.71. The van der Waals surface area contributed by atoms with Gasteiger partial charge in [0.15, 0.2) is 6.10 Å². The number of ether oxygens (including phenoxy) is 1. The average Bonchev–Trinajstić information content (AvgIpc) is 2.36. The van der Waals surface area contributed by atoms with Gasteiger partial charge in [-0.1, -0.05) is 11.6 Å². The topological polar surface area (TPSA) is 98.5 Å². The first-order chi connectivity index (χ1) is 10.0. The molecule has 0 fully saturated rings. The Balaban J connectivity index is 2.90. The number of esters is 1. The van der Waals surface area contributed by atoms with E-state index in [4.69, 9.17) is 16.3 Å². The van der Waals surface area contributed by atoms with Crippen molar-refractivity contribution in [3.63, 3.8) is 0 Å². The molecule has 0 heterocycles. The third-order valence-corrected chi connectivity index (χ3v) is 2.76. The van der Waals surface area contributed by atoms with Gasteiger partial charge < -0.3 is 10.1 Å². The second-order valence-corrected chi connectivity index (χ2v) is 6.14. The van der Waals surface area contributed by atoms with Crippen LogP contribution in [0.25, 0.3) is 0 Å². The van der Waals surface area contributed by atoms with E-state index >= 15 is 0 Å². The highest BCUT2D eigenvalue weighted by molar-refractivity contribution is 6.31. The van der Waals surface area contributed by atoms with Crippen molar-refractivity contribution in [3.05, 3.63) is 38.9 Å². The molecule has 7 nitrogen and oxygen atoms in total. The lowest BCUT2D eigenvalue weighted by atomic mass is 10.1. The van der Waals surface area contributed by atoms with Gasteiger partial charge in [0.05, 0.1) is 4.92 Å². The van der Waals surface area contributed by atoms with Gasteiger partial charge in [0, 0.05) is 16.6 Å². The molecule has 0 saturated carbocycles. The molecule has 120 valence electrons. The number of carbonyl (C=O) groups excluding carboxylic acids is 2. The van der Waals surface area contributed by atoms with Gasteiger partial charge in [-0.15, -0.1) is 0 Å². The molecule has 1 aromatic carbocycles. The van der Waals surface area contributed by atoms with Crippen molar-refractivity contribution in [2.75, 3.05) is 0 Å². The Kier molecular flexibility index (Phi) is 5.48. The number of nitrogens with one attached hydrogen (secondary N) is 1. The number of hydrogen-bond acceptors (Lipinski definition) is 5. The van der Waals surface area contributed by atoms with Gasteiger partial charge in [-0.2, -0.15) is 0 Å². The van der Waals surface area contributed by atoms with E-state index in [9.17, 15) is 19.7 Å². The van der Waals surface area contributed by atoms with Gasteiger partial charge in [0.2, 0.25) is 0 Å². The molecule has 1 amide bonds. The van der Waals surface area contributed by atoms with Crippen molar-refractivity contribution in [1.29, 1.82) is 0 Å². The number of amides is 1. The summed E-state index contributed by atoms with van der Waals surface area (Å²) in [6.07, 6.45) is -1.08. The summed E-state index contributed by atoms with van der Waals surface area (Å²) in [6, 6.07) is 3.58. The molecule has 0 aliphatic heterocycles. The lowest BCUT2D eigenvalue weighted by molar-refractivity contribution is -0.385. The molecule has 0 aliphatic rings. The number of hydrogen-bond donors (Lipinski definition) is 1. The Morgan fingerprint density at radius 2 is 1.95 bits per heavy atom. The molecule has 0 bridgehead atoms. The number of rotatable bonds is 4. The van der Waals surface area contributed by atoms with E-state index in [-0.39, 0.29) is 10.6 Å². The van der Waals surface area contributed by atoms with Crippen LogP contribution < -0.4 is 5.32 Å². The quantitative estimate of drug-likeness (QED) is 0.520. The minimum atomic E-state index is -1.08. The highest BCUT2D eigenvalue weighted by atomic mass is 35.5. The van der Waals surface area contributed by atoms with Crippen molar-refractivity contribution in [2.45, 2.75) is 39.3 Å². The summed E-state index contributed by atoms with van der Waals surface area (Å²) < 4.78 is 4.98. The van der Waals surface area contributed by atoms with Crippen LogP contribution in [0.3, 0.4) is 0 Å². The lowest BCUT2D eigenvalue weighted by Gasteiger charge is -2.23. The summed E-state index contributed by atoms with van der Waals surface area (Å²) in [5.74, 6) is -1.45. The molecular formula is C14H17ClN2O5. The Labute approximate surface area is 132 Å². The average molecular weight is 329 g/mol. The van der Waals surface area contributed by atoms with E-state index in [1.54, 1.807) is 20.8 Å². The number of benzene rings is 1. The fourth-order valence-electron chi connectivity index (χ4n) is 1.58. The summed E-state index contributed by atoms with van der Waals surface area (Å²) in [4.78, 5) is 34.1. The third-order valence-electron chi connectivity index (χ3n) is 2.53. The number of nitro benzene ring substituents is 1. The fourth-order valence-corrected chi connectivity index (χ4v) is 1.74. The van der Waals surface area contributed by atoms with Crippen LogP contribution >= 0.6 is 11.6 Å². The van der Waals surface area contributed by atoms with E-state index in [2.05, 4.69) is 5.32 Å². The lowest BCUT2D eigenvalue weighted by Crippen LogP contribution is -2.46. The number of nitro groups is 1. The highest BCUT2D eigenvalue weighted by Gasteiger charge is 2.27. The predicted molar refractivity (Wildman–Crippen MR) is 80.9 cm³/mol. The normalized spacial score (nSPS) is 12.4. The van der Waals surface area contributed by atoms with Crippen LogP contribution in [-0.2, 0) is 9.53 Å². The second kappa shape index (κ2) is 6.74. The molecule has 8 heteroatoms. The van der Waals surface area contributed by atoms with Crippen LogP contribution in [0.1, 0.15) is 38.1 Å². The Morgan fingerprint density at radius 1 is 1.36 bits per heavy atom. The molecule has 22 heavy (non-hydrogen) atoms. The Hall–Kier alpha value is -2.15. The smallest absolute Gasteiger partial charge is 0.345 e. The molecule has 1 atom stereocenters. The first-order valence-corrected chi connectivity index (χ1v) is 6.86. The zero-order valence-electron chi connectivity index (χ0n) is 12.7. The highest BCUT2D eigenvalue weighted by Crippen LogP contribution is 2.24. The molecular weight excluding hydrogens is 312 g/mol. The van der Waals surface area contributed by atoms with E-state index in [0.717, 1.165) is 6.07 Å². The van der Waals surface area contributed by atoms with E-state index in [1.165, 1.54) is 19.1 Å². The standard InChI is InChI=1S/C14H17ClN2O5/c1-8(12(18)16-14(2,3)4)22-13(19)10-6-5-9(15)7-11(10)17(20)21/h5-8H,1-4H3,(H,16,18). The zero-order chi connectivity index (χ0) is 17.1. The fraction of sp³-hybridized carbons (Fsp3) is 0.429. The molecule has 1 aromatic rings. The van der Waals surface area contributed by atoms with Crippen LogP contribution in [0.4, 0.5) is 5.69 Å². The minimum absolute atomic E-state index is 0.127. The summed E-state index contributed by atoms with van der Waals surface area (Å²) in [5.41, 5.74) is -1.21. The van der Waals surface area contributed by atoms with Crippen molar-refractivity contribution in [1.82, 2.24) is 5.32 Å². The minimum Gasteiger partial charge on any atom is -0.449 e.